The maximum atomic E-state index is 11.9. The molecule has 0 unspecified atom stereocenters. The molecule has 3 aliphatic rings. The number of amidine groups is 1. The number of rotatable bonds is 0. The first-order valence-corrected chi connectivity index (χ1v) is 6.43. The van der Waals surface area contributed by atoms with Crippen LogP contribution in [0.25, 0.3) is 0 Å². The number of hydrogen-bond donors (Lipinski definition) is 0. The molecule has 0 aromatic heterocycles. The summed E-state index contributed by atoms with van der Waals surface area (Å²) in [6.07, 6.45) is 9.26. The molecule has 0 atom stereocenters. The minimum absolute atomic E-state index is 0.112. The molecular weight excluding hydrogens is 228 g/mol. The second-order valence-electron chi connectivity index (χ2n) is 3.86. The highest BCUT2D eigenvalue weighted by Crippen LogP contribution is 2.25. The van der Waals surface area contributed by atoms with Crippen LogP contribution < -0.4 is 0 Å². The maximum Gasteiger partial charge on any atom is 0.234 e. The van der Waals surface area contributed by atoms with Gasteiger partial charge in [0.25, 0.3) is 0 Å². The van der Waals surface area contributed by atoms with E-state index in [-0.39, 0.29) is 5.91 Å². The molecule has 0 N–H and O–H groups in total. The summed E-state index contributed by atoms with van der Waals surface area (Å²) in [6, 6.07) is 0. The van der Waals surface area contributed by atoms with E-state index in [4.69, 9.17) is 4.74 Å². The minimum atomic E-state index is 0.112. The molecule has 0 saturated carbocycles. The van der Waals surface area contributed by atoms with Crippen molar-refractivity contribution in [3.8, 4) is 0 Å². The Morgan fingerprint density at radius 2 is 2.06 bits per heavy atom. The van der Waals surface area contributed by atoms with E-state index in [9.17, 15) is 4.79 Å². The number of carbonyl (C=O) groups excluding carboxylic acids is 1. The van der Waals surface area contributed by atoms with Gasteiger partial charge in [-0.1, -0.05) is 26.0 Å². The van der Waals surface area contributed by atoms with Gasteiger partial charge in [0.15, 0.2) is 0 Å². The van der Waals surface area contributed by atoms with Crippen LogP contribution in [0.1, 0.15) is 26.7 Å². The van der Waals surface area contributed by atoms with E-state index in [2.05, 4.69) is 4.99 Å². The lowest BCUT2D eigenvalue weighted by Gasteiger charge is -2.33. The molecule has 0 saturated heterocycles. The fraction of sp³-hybridized carbons (Fsp3) is 0.429. The Labute approximate surface area is 107 Å². The van der Waals surface area contributed by atoms with Crippen LogP contribution in [0.4, 0.5) is 0 Å². The van der Waals surface area contributed by atoms with Crippen LogP contribution in [-0.4, -0.2) is 29.8 Å². The fourth-order valence-corrected chi connectivity index (χ4v) is 2.04. The van der Waals surface area contributed by atoms with Crippen molar-refractivity contribution in [1.29, 1.82) is 0 Å². The minimum Gasteiger partial charge on any atom is -0.483 e. The highest BCUT2D eigenvalue weighted by Gasteiger charge is 2.31. The number of aliphatic imine (C=N–C) groups is 1. The molecule has 4 nitrogen and oxygen atoms in total. The zero-order chi connectivity index (χ0) is 13.0. The zero-order valence-electron chi connectivity index (χ0n) is 10.8. The largest absolute Gasteiger partial charge is 0.483 e. The van der Waals surface area contributed by atoms with Crippen molar-refractivity contribution >= 4 is 11.7 Å². The van der Waals surface area contributed by atoms with Crippen LogP contribution in [0.3, 0.4) is 0 Å². The van der Waals surface area contributed by atoms with Crippen molar-refractivity contribution in [2.75, 3.05) is 13.2 Å². The van der Waals surface area contributed by atoms with E-state index in [0.717, 1.165) is 23.7 Å². The van der Waals surface area contributed by atoms with Gasteiger partial charge in [-0.15, -0.1) is 0 Å². The predicted octanol–water partition coefficient (Wildman–Crippen LogP) is 2.40. The van der Waals surface area contributed by atoms with Crippen LogP contribution in [0.2, 0.25) is 0 Å². The average Bonchev–Trinajstić information content (AvgIpc) is 2.66. The molecule has 2 aliphatic heterocycles. The first-order valence-electron chi connectivity index (χ1n) is 6.43. The van der Waals surface area contributed by atoms with Gasteiger partial charge in [-0.3, -0.25) is 14.7 Å². The van der Waals surface area contributed by atoms with Gasteiger partial charge >= 0.3 is 0 Å². The van der Waals surface area contributed by atoms with Crippen LogP contribution in [0.5, 0.6) is 0 Å². The highest BCUT2D eigenvalue weighted by molar-refractivity contribution is 6.03. The maximum absolute atomic E-state index is 11.9. The summed E-state index contributed by atoms with van der Waals surface area (Å²) in [5.41, 5.74) is 0.823. The molecule has 1 amide bonds. The molecule has 3 rings (SSSR count). The first kappa shape index (κ1) is 12.6. The van der Waals surface area contributed by atoms with Crippen molar-refractivity contribution in [2.45, 2.75) is 26.7 Å². The summed E-state index contributed by atoms with van der Waals surface area (Å²) < 4.78 is 5.60. The van der Waals surface area contributed by atoms with Gasteiger partial charge in [0.2, 0.25) is 5.91 Å². The summed E-state index contributed by atoms with van der Waals surface area (Å²) in [5, 5.41) is 0. The second kappa shape index (κ2) is 5.67. The van der Waals surface area contributed by atoms with Gasteiger partial charge in [-0.25, -0.2) is 0 Å². The van der Waals surface area contributed by atoms with E-state index in [1.54, 1.807) is 4.90 Å². The Hall–Kier alpha value is -1.84. The standard InChI is InChI=1S/C12H12N2O2.C2H6/c15-12-6-7-13-11-8-16-10-5-3-1-2-4-9(10)14(11)12;1-2/h2-5H,1,6-8H2;1-2H3. The summed E-state index contributed by atoms with van der Waals surface area (Å²) in [6.45, 7) is 4.97. The molecule has 0 radical (unpaired) electrons. The van der Waals surface area contributed by atoms with E-state index in [1.165, 1.54) is 0 Å². The van der Waals surface area contributed by atoms with Crippen LogP contribution >= 0.6 is 0 Å². The molecule has 0 aromatic rings. The lowest BCUT2D eigenvalue weighted by molar-refractivity contribution is -0.126. The monoisotopic (exact) mass is 246 g/mol. The molecule has 0 bridgehead atoms. The van der Waals surface area contributed by atoms with Crippen molar-refractivity contribution in [3.63, 3.8) is 0 Å². The fourth-order valence-electron chi connectivity index (χ4n) is 2.04. The van der Waals surface area contributed by atoms with E-state index >= 15 is 0 Å². The first-order chi connectivity index (χ1) is 8.86. The molecule has 0 aromatic carbocycles. The lowest BCUT2D eigenvalue weighted by Crippen LogP contribution is -2.44. The number of ether oxygens (including phenoxy) is 1. The van der Waals surface area contributed by atoms with Crippen LogP contribution in [0, 0.1) is 0 Å². The van der Waals surface area contributed by atoms with Crippen molar-refractivity contribution in [1.82, 2.24) is 4.90 Å². The molecule has 18 heavy (non-hydrogen) atoms. The number of nitrogens with zero attached hydrogens (tertiary/aromatic N) is 2. The van der Waals surface area contributed by atoms with E-state index < -0.39 is 0 Å². The topological polar surface area (TPSA) is 41.9 Å². The Morgan fingerprint density at radius 3 is 2.89 bits per heavy atom. The van der Waals surface area contributed by atoms with Crippen molar-refractivity contribution in [2.24, 2.45) is 4.99 Å². The second-order valence-corrected chi connectivity index (χ2v) is 3.86. The molecule has 96 valence electrons. The molecule has 2 heterocycles. The Balaban J connectivity index is 0.000000574. The quantitative estimate of drug-likeness (QED) is 0.658. The smallest absolute Gasteiger partial charge is 0.234 e. The number of amides is 1. The van der Waals surface area contributed by atoms with E-state index in [1.807, 2.05) is 38.2 Å². The van der Waals surface area contributed by atoms with Gasteiger partial charge in [0.1, 0.15) is 18.2 Å². The number of carbonyl (C=O) groups is 1. The molecule has 0 spiro atoms. The molecule has 1 aliphatic carbocycles. The molecule has 4 heteroatoms. The van der Waals surface area contributed by atoms with Crippen molar-refractivity contribution < 1.29 is 9.53 Å². The Bertz CT molecular complexity index is 458. The number of hydrogen-bond acceptors (Lipinski definition) is 3. The Morgan fingerprint density at radius 1 is 1.28 bits per heavy atom. The van der Waals surface area contributed by atoms with Crippen molar-refractivity contribution in [3.05, 3.63) is 35.8 Å². The third-order valence-electron chi connectivity index (χ3n) is 2.79. The SMILES string of the molecule is CC.O=C1CCN=C2COC3=C(C=CCC=C3)N12. The normalized spacial score (nSPS) is 21.1. The lowest BCUT2D eigenvalue weighted by atomic mass is 10.2. The van der Waals surface area contributed by atoms with Gasteiger partial charge in [-0.05, 0) is 18.6 Å². The van der Waals surface area contributed by atoms with E-state index in [0.29, 0.717) is 19.6 Å². The summed E-state index contributed by atoms with van der Waals surface area (Å²) in [4.78, 5) is 17.9. The third-order valence-corrected chi connectivity index (χ3v) is 2.79. The van der Waals surface area contributed by atoms with Gasteiger partial charge in [-0.2, -0.15) is 0 Å². The number of fused-ring (bicyclic) bond motifs is 2. The van der Waals surface area contributed by atoms with Gasteiger partial charge in [0.05, 0.1) is 5.70 Å². The third kappa shape index (κ3) is 2.23. The predicted molar refractivity (Wildman–Crippen MR) is 71.0 cm³/mol. The average molecular weight is 246 g/mol. The van der Waals surface area contributed by atoms with Crippen LogP contribution in [0.15, 0.2) is 40.8 Å². The van der Waals surface area contributed by atoms with Crippen LogP contribution in [-0.2, 0) is 9.53 Å². The van der Waals surface area contributed by atoms with Gasteiger partial charge < -0.3 is 4.74 Å². The number of allylic oxidation sites excluding steroid dienone is 4. The molecular formula is C14H18N2O2. The summed E-state index contributed by atoms with van der Waals surface area (Å²) in [5.74, 6) is 1.61. The summed E-state index contributed by atoms with van der Waals surface area (Å²) in [7, 11) is 0. The highest BCUT2D eigenvalue weighted by atomic mass is 16.5. The Kier molecular flexibility index (Phi) is 3.97. The molecule has 0 fully saturated rings. The zero-order valence-corrected chi connectivity index (χ0v) is 10.8. The van der Waals surface area contributed by atoms with Gasteiger partial charge in [0, 0.05) is 13.0 Å². The summed E-state index contributed by atoms with van der Waals surface area (Å²) >= 11 is 0.